The van der Waals surface area contributed by atoms with Gasteiger partial charge in [0.05, 0.1) is 18.6 Å². The molecule has 1 aliphatic rings. The Kier molecular flexibility index (Phi) is 3.93. The number of carbonyl (C=O) groups is 1. The summed E-state index contributed by atoms with van der Waals surface area (Å²) in [6.07, 6.45) is 2.72. The van der Waals surface area contributed by atoms with Crippen LogP contribution in [0.1, 0.15) is 24.8 Å². The third kappa shape index (κ3) is 2.02. The maximum absolute atomic E-state index is 12.0. The Labute approximate surface area is 112 Å². The number of methoxy groups -OCH3 is 1. The number of benzene rings is 1. The van der Waals surface area contributed by atoms with Crippen LogP contribution in [-0.4, -0.2) is 20.1 Å². The highest BCUT2D eigenvalue weighted by Gasteiger charge is 2.48. The molecule has 98 valence electrons. The average molecular weight is 268 g/mol. The van der Waals surface area contributed by atoms with Crippen molar-refractivity contribution in [2.45, 2.75) is 24.8 Å². The molecule has 0 spiro atoms. The number of carbonyl (C=O) groups excluding carboxylic acids is 1. The fraction of sp³-hybridized carbons (Fsp3) is 0.500. The zero-order valence-electron chi connectivity index (χ0n) is 10.7. The minimum Gasteiger partial charge on any atom is -0.469 e. The van der Waals surface area contributed by atoms with Gasteiger partial charge in [-0.05, 0) is 31.5 Å². The molecule has 18 heavy (non-hydrogen) atoms. The summed E-state index contributed by atoms with van der Waals surface area (Å²) in [5, 5.41) is 4.01. The molecule has 0 amide bonds. The number of ether oxygens (including phenoxy) is 1. The van der Waals surface area contributed by atoms with Gasteiger partial charge in [-0.2, -0.15) is 0 Å². The van der Waals surface area contributed by atoms with E-state index in [1.54, 1.807) is 0 Å². The van der Waals surface area contributed by atoms with Crippen molar-refractivity contribution in [3.63, 3.8) is 0 Å². The normalized spacial score (nSPS) is 27.2. The van der Waals surface area contributed by atoms with Crippen LogP contribution >= 0.6 is 11.6 Å². The Morgan fingerprint density at radius 3 is 2.83 bits per heavy atom. The average Bonchev–Trinajstić information content (AvgIpc) is 2.83. The summed E-state index contributed by atoms with van der Waals surface area (Å²) in [7, 11) is 3.32. The van der Waals surface area contributed by atoms with Gasteiger partial charge in [0, 0.05) is 5.02 Å². The molecule has 1 saturated carbocycles. The van der Waals surface area contributed by atoms with E-state index in [-0.39, 0.29) is 11.9 Å². The number of hydrogen-bond acceptors (Lipinski definition) is 3. The summed E-state index contributed by atoms with van der Waals surface area (Å²) >= 11 is 6.29. The molecule has 1 fully saturated rings. The van der Waals surface area contributed by atoms with E-state index in [9.17, 15) is 4.79 Å². The predicted octanol–water partition coefficient (Wildman–Crippen LogP) is 2.73. The van der Waals surface area contributed by atoms with Crippen LogP contribution < -0.4 is 5.32 Å². The number of halogens is 1. The molecule has 1 N–H and O–H groups in total. The molecular weight excluding hydrogens is 250 g/mol. The fourth-order valence-corrected chi connectivity index (χ4v) is 3.35. The van der Waals surface area contributed by atoms with Crippen LogP contribution in [-0.2, 0) is 15.1 Å². The molecule has 0 bridgehead atoms. The van der Waals surface area contributed by atoms with E-state index in [0.29, 0.717) is 5.02 Å². The summed E-state index contributed by atoms with van der Waals surface area (Å²) in [5.74, 6) is -0.339. The quantitative estimate of drug-likeness (QED) is 0.856. The first-order chi connectivity index (χ1) is 8.65. The number of hydrogen-bond donors (Lipinski definition) is 1. The van der Waals surface area contributed by atoms with Gasteiger partial charge >= 0.3 is 5.97 Å². The highest BCUT2D eigenvalue weighted by atomic mass is 35.5. The van der Waals surface area contributed by atoms with E-state index >= 15 is 0 Å². The second kappa shape index (κ2) is 5.29. The third-order valence-corrected chi connectivity index (χ3v) is 4.27. The van der Waals surface area contributed by atoms with Gasteiger partial charge in [0.15, 0.2) is 0 Å². The van der Waals surface area contributed by atoms with Gasteiger partial charge in [-0.15, -0.1) is 0 Å². The fourth-order valence-electron chi connectivity index (χ4n) is 3.05. The van der Waals surface area contributed by atoms with Gasteiger partial charge in [-0.25, -0.2) is 0 Å². The van der Waals surface area contributed by atoms with E-state index in [0.717, 1.165) is 24.8 Å². The number of nitrogens with one attached hydrogen (secondary N) is 1. The van der Waals surface area contributed by atoms with E-state index < -0.39 is 5.54 Å². The largest absolute Gasteiger partial charge is 0.469 e. The van der Waals surface area contributed by atoms with Crippen LogP contribution in [0.5, 0.6) is 0 Å². The van der Waals surface area contributed by atoms with Crippen molar-refractivity contribution in [2.75, 3.05) is 14.2 Å². The smallest absolute Gasteiger partial charge is 0.310 e. The first-order valence-corrected chi connectivity index (χ1v) is 6.55. The van der Waals surface area contributed by atoms with Crippen LogP contribution in [0.15, 0.2) is 24.3 Å². The number of rotatable bonds is 3. The van der Waals surface area contributed by atoms with Crippen LogP contribution in [0.4, 0.5) is 0 Å². The molecule has 4 heteroatoms. The second-order valence-electron chi connectivity index (χ2n) is 4.67. The summed E-state index contributed by atoms with van der Waals surface area (Å²) in [6, 6.07) is 7.70. The monoisotopic (exact) mass is 267 g/mol. The van der Waals surface area contributed by atoms with Crippen LogP contribution in [0, 0.1) is 5.92 Å². The van der Waals surface area contributed by atoms with Crippen LogP contribution in [0.2, 0.25) is 5.02 Å². The first-order valence-electron chi connectivity index (χ1n) is 6.17. The molecule has 0 aromatic heterocycles. The molecule has 0 heterocycles. The lowest BCUT2D eigenvalue weighted by molar-refractivity contribution is -0.147. The second-order valence-corrected chi connectivity index (χ2v) is 5.08. The molecule has 1 aliphatic carbocycles. The molecule has 0 saturated heterocycles. The van der Waals surface area contributed by atoms with Gasteiger partial charge in [0.2, 0.25) is 0 Å². The van der Waals surface area contributed by atoms with Crippen molar-refractivity contribution in [1.29, 1.82) is 0 Å². The zero-order valence-corrected chi connectivity index (χ0v) is 11.5. The van der Waals surface area contributed by atoms with E-state index in [1.165, 1.54) is 7.11 Å². The highest BCUT2D eigenvalue weighted by molar-refractivity contribution is 6.31. The van der Waals surface area contributed by atoms with Crippen LogP contribution in [0.25, 0.3) is 0 Å². The van der Waals surface area contributed by atoms with Crippen LogP contribution in [0.3, 0.4) is 0 Å². The van der Waals surface area contributed by atoms with E-state index in [2.05, 4.69) is 5.32 Å². The van der Waals surface area contributed by atoms with Gasteiger partial charge in [0.25, 0.3) is 0 Å². The third-order valence-electron chi connectivity index (χ3n) is 3.95. The van der Waals surface area contributed by atoms with E-state index in [1.807, 2.05) is 31.3 Å². The van der Waals surface area contributed by atoms with Crippen molar-refractivity contribution in [3.8, 4) is 0 Å². The van der Waals surface area contributed by atoms with Gasteiger partial charge in [-0.3, -0.25) is 4.79 Å². The minimum absolute atomic E-state index is 0.165. The van der Waals surface area contributed by atoms with E-state index in [4.69, 9.17) is 16.3 Å². The summed E-state index contributed by atoms with van der Waals surface area (Å²) in [5.41, 5.74) is 0.591. The minimum atomic E-state index is -0.397. The van der Waals surface area contributed by atoms with Gasteiger partial charge in [-0.1, -0.05) is 36.2 Å². The molecule has 3 nitrogen and oxygen atoms in total. The lowest BCUT2D eigenvalue weighted by atomic mass is 9.80. The van der Waals surface area contributed by atoms with Crippen molar-refractivity contribution >= 4 is 17.6 Å². The lowest BCUT2D eigenvalue weighted by Gasteiger charge is -2.35. The molecule has 0 aliphatic heterocycles. The Bertz CT molecular complexity index is 449. The highest BCUT2D eigenvalue weighted by Crippen LogP contribution is 2.46. The zero-order chi connectivity index (χ0) is 13.2. The van der Waals surface area contributed by atoms with Gasteiger partial charge in [0.1, 0.15) is 0 Å². The molecule has 1 aromatic rings. The summed E-state index contributed by atoms with van der Waals surface area (Å²) in [6.45, 7) is 0. The molecule has 2 atom stereocenters. The lowest BCUT2D eigenvalue weighted by Crippen LogP contribution is -2.46. The van der Waals surface area contributed by atoms with Crippen molar-refractivity contribution in [2.24, 2.45) is 5.92 Å². The Balaban J connectivity index is 2.47. The molecule has 0 unspecified atom stereocenters. The summed E-state index contributed by atoms with van der Waals surface area (Å²) in [4.78, 5) is 12.0. The SMILES string of the molecule is CN[C@]1(c2ccccc2Cl)CCC[C@@H]1C(=O)OC. The molecule has 1 aromatic carbocycles. The van der Waals surface area contributed by atoms with Crippen molar-refractivity contribution in [1.82, 2.24) is 5.32 Å². The first kappa shape index (κ1) is 13.4. The number of esters is 1. The van der Waals surface area contributed by atoms with Gasteiger partial charge < -0.3 is 10.1 Å². The predicted molar refractivity (Wildman–Crippen MR) is 71.5 cm³/mol. The van der Waals surface area contributed by atoms with Crippen molar-refractivity contribution in [3.05, 3.63) is 34.9 Å². The van der Waals surface area contributed by atoms with Crippen molar-refractivity contribution < 1.29 is 9.53 Å². The maximum Gasteiger partial charge on any atom is 0.310 e. The Hall–Kier alpha value is -1.06. The molecular formula is C14H18ClNO2. The summed E-state index contributed by atoms with van der Waals surface area (Å²) < 4.78 is 4.93. The molecule has 0 radical (unpaired) electrons. The Morgan fingerprint density at radius 1 is 1.50 bits per heavy atom. The topological polar surface area (TPSA) is 38.3 Å². The maximum atomic E-state index is 12.0. The Morgan fingerprint density at radius 2 is 2.22 bits per heavy atom. The molecule has 2 rings (SSSR count). The standard InChI is InChI=1S/C14H18ClNO2/c1-16-14(10-6-3-4-8-12(10)15)9-5-7-11(14)13(17)18-2/h3-4,6,8,11,16H,5,7,9H2,1-2H3/t11-,14+/m1/s1.